The van der Waals surface area contributed by atoms with Crippen LogP contribution < -0.4 is 5.32 Å². The third-order valence-corrected chi connectivity index (χ3v) is 6.50. The van der Waals surface area contributed by atoms with Crippen molar-refractivity contribution in [3.8, 4) is 0 Å². The van der Waals surface area contributed by atoms with Crippen LogP contribution in [0.25, 0.3) is 0 Å². The molecule has 8 atom stereocenters. The zero-order chi connectivity index (χ0) is 16.4. The van der Waals surface area contributed by atoms with Crippen molar-refractivity contribution in [1.82, 2.24) is 5.32 Å². The summed E-state index contributed by atoms with van der Waals surface area (Å²) in [6, 6.07) is 0. The second-order valence-electron chi connectivity index (χ2n) is 8.03. The van der Waals surface area contributed by atoms with Crippen LogP contribution in [-0.2, 0) is 24.0 Å². The summed E-state index contributed by atoms with van der Waals surface area (Å²) in [5.41, 5.74) is -0.554. The zero-order valence-electron chi connectivity index (χ0n) is 14.3. The van der Waals surface area contributed by atoms with Gasteiger partial charge in [0.15, 0.2) is 11.9 Å². The van der Waals surface area contributed by atoms with Crippen molar-refractivity contribution in [2.45, 2.75) is 77.3 Å². The van der Waals surface area contributed by atoms with Gasteiger partial charge in [-0.05, 0) is 38.0 Å². The van der Waals surface area contributed by atoms with Crippen molar-refractivity contribution in [2.24, 2.45) is 23.7 Å². The molecule has 1 saturated carbocycles. The van der Waals surface area contributed by atoms with Crippen LogP contribution in [0.3, 0.4) is 0 Å². The molecule has 130 valence electrons. The summed E-state index contributed by atoms with van der Waals surface area (Å²) in [5, 5.41) is 2.93. The molecule has 4 saturated heterocycles. The molecule has 1 N–H and O–H groups in total. The van der Waals surface area contributed by atoms with E-state index in [4.69, 9.17) is 19.2 Å². The lowest BCUT2D eigenvalue weighted by atomic mass is 9.58. The Labute approximate surface area is 137 Å². The summed E-state index contributed by atoms with van der Waals surface area (Å²) in [4.78, 5) is 23.3. The van der Waals surface area contributed by atoms with Gasteiger partial charge in [-0.3, -0.25) is 4.79 Å². The van der Waals surface area contributed by atoms with Gasteiger partial charge in [0.1, 0.15) is 6.23 Å². The summed E-state index contributed by atoms with van der Waals surface area (Å²) >= 11 is 0. The van der Waals surface area contributed by atoms with Gasteiger partial charge in [0.05, 0.1) is 0 Å². The molecular formula is C17H27NO5. The van der Waals surface area contributed by atoms with Crippen LogP contribution in [0.2, 0.25) is 0 Å². The largest absolute Gasteiger partial charge is 0.331 e. The summed E-state index contributed by atoms with van der Waals surface area (Å²) < 4.78 is 12.4. The van der Waals surface area contributed by atoms with Gasteiger partial charge in [-0.1, -0.05) is 13.8 Å². The van der Waals surface area contributed by atoms with E-state index in [1.807, 2.05) is 6.92 Å². The van der Waals surface area contributed by atoms with Crippen LogP contribution in [0.5, 0.6) is 0 Å². The first-order valence-corrected chi connectivity index (χ1v) is 8.83. The molecular weight excluding hydrogens is 298 g/mol. The van der Waals surface area contributed by atoms with E-state index in [-0.39, 0.29) is 24.0 Å². The molecule has 5 fully saturated rings. The van der Waals surface area contributed by atoms with Gasteiger partial charge in [-0.2, -0.15) is 0 Å². The molecule has 0 radical (unpaired) electrons. The van der Waals surface area contributed by atoms with E-state index in [9.17, 15) is 4.79 Å². The van der Waals surface area contributed by atoms with Crippen LogP contribution in [-0.4, -0.2) is 29.8 Å². The Balaban J connectivity index is 1.74. The minimum atomic E-state index is -0.765. The average molecular weight is 325 g/mol. The number of fused-ring (bicyclic) bond motifs is 2. The number of hydrogen-bond acceptors (Lipinski definition) is 5. The number of rotatable bonds is 1. The van der Waals surface area contributed by atoms with E-state index in [2.05, 4.69) is 19.2 Å². The zero-order valence-corrected chi connectivity index (χ0v) is 14.3. The lowest BCUT2D eigenvalue weighted by Crippen LogP contribution is -2.71. The van der Waals surface area contributed by atoms with Crippen LogP contribution in [0.15, 0.2) is 0 Å². The fourth-order valence-electron chi connectivity index (χ4n) is 5.27. The fraction of sp³-hybridized carbons (Fsp3) is 0.941. The molecule has 1 amide bonds. The molecule has 4 heterocycles. The average Bonchev–Trinajstić information content (AvgIpc) is 2.70. The van der Waals surface area contributed by atoms with Gasteiger partial charge in [0.2, 0.25) is 11.7 Å². The normalized spacial score (nSPS) is 55.0. The highest BCUT2D eigenvalue weighted by Crippen LogP contribution is 2.60. The molecule has 0 aromatic heterocycles. The van der Waals surface area contributed by atoms with Crippen molar-refractivity contribution in [3.05, 3.63) is 0 Å². The maximum atomic E-state index is 11.5. The van der Waals surface area contributed by atoms with Crippen LogP contribution >= 0.6 is 0 Å². The minimum Gasteiger partial charge on any atom is -0.331 e. The Morgan fingerprint density at radius 2 is 1.91 bits per heavy atom. The smallest absolute Gasteiger partial charge is 0.218 e. The summed E-state index contributed by atoms with van der Waals surface area (Å²) in [7, 11) is 0. The van der Waals surface area contributed by atoms with E-state index >= 15 is 0 Å². The molecule has 6 heteroatoms. The Bertz CT molecular complexity index is 513. The van der Waals surface area contributed by atoms with Crippen molar-refractivity contribution in [2.75, 3.05) is 0 Å². The lowest BCUT2D eigenvalue weighted by Gasteiger charge is -2.60. The molecule has 2 bridgehead atoms. The highest BCUT2D eigenvalue weighted by Gasteiger charge is 2.69. The number of amides is 1. The highest BCUT2D eigenvalue weighted by atomic mass is 17.3. The number of hydrogen-bond donors (Lipinski definition) is 1. The van der Waals surface area contributed by atoms with Crippen molar-refractivity contribution in [1.29, 1.82) is 0 Å². The van der Waals surface area contributed by atoms with Gasteiger partial charge in [0.25, 0.3) is 0 Å². The van der Waals surface area contributed by atoms with Gasteiger partial charge in [-0.15, -0.1) is 0 Å². The second-order valence-corrected chi connectivity index (χ2v) is 8.03. The molecule has 1 spiro atoms. The molecule has 4 aliphatic heterocycles. The van der Waals surface area contributed by atoms with E-state index in [0.717, 1.165) is 19.3 Å². The quantitative estimate of drug-likeness (QED) is 0.750. The molecule has 0 unspecified atom stereocenters. The monoisotopic (exact) mass is 325 g/mol. The number of carbonyl (C=O) groups excluding carboxylic acids is 1. The molecule has 23 heavy (non-hydrogen) atoms. The second kappa shape index (κ2) is 5.15. The molecule has 5 rings (SSSR count). The fourth-order valence-corrected chi connectivity index (χ4v) is 5.27. The summed E-state index contributed by atoms with van der Waals surface area (Å²) in [5.74, 6) is 0.465. The molecule has 0 aromatic carbocycles. The topological polar surface area (TPSA) is 66.0 Å². The van der Waals surface area contributed by atoms with Gasteiger partial charge in [-0.25, -0.2) is 9.78 Å². The van der Waals surface area contributed by atoms with Gasteiger partial charge in [0, 0.05) is 25.2 Å². The van der Waals surface area contributed by atoms with Crippen LogP contribution in [0, 0.1) is 23.7 Å². The third-order valence-electron chi connectivity index (χ3n) is 6.50. The Morgan fingerprint density at radius 1 is 1.13 bits per heavy atom. The lowest BCUT2D eigenvalue weighted by molar-refractivity contribution is -0.571. The number of ether oxygens (including phenoxy) is 2. The summed E-state index contributed by atoms with van der Waals surface area (Å²) in [6.45, 7) is 7.85. The van der Waals surface area contributed by atoms with Gasteiger partial charge >= 0.3 is 0 Å². The van der Waals surface area contributed by atoms with Gasteiger partial charge < -0.3 is 14.8 Å². The van der Waals surface area contributed by atoms with E-state index in [0.29, 0.717) is 11.8 Å². The van der Waals surface area contributed by atoms with Crippen LogP contribution in [0.1, 0.15) is 53.4 Å². The Morgan fingerprint density at radius 3 is 2.65 bits per heavy atom. The maximum absolute atomic E-state index is 11.5. The molecule has 6 nitrogen and oxygen atoms in total. The number of carbonyl (C=O) groups is 1. The molecule has 5 aliphatic rings. The Kier molecular flexibility index (Phi) is 3.54. The SMILES string of the molecule is CC(=O)N[C@@H]1O[C@@H]2O[C@@]3(C)CC[C@H]4[C@H](C)CC[C@@H]([C@H]1C)[C@@]24OO3. The molecule has 1 aliphatic carbocycles. The third kappa shape index (κ3) is 2.18. The van der Waals surface area contributed by atoms with Crippen molar-refractivity contribution < 1.29 is 24.0 Å². The first kappa shape index (κ1) is 15.8. The maximum Gasteiger partial charge on any atom is 0.218 e. The first-order valence-electron chi connectivity index (χ1n) is 8.83. The predicted molar refractivity (Wildman–Crippen MR) is 80.6 cm³/mol. The van der Waals surface area contributed by atoms with Crippen molar-refractivity contribution in [3.63, 3.8) is 0 Å². The standard InChI is InChI=1S/C17H27NO5/c1-9-5-6-13-10(2)14(18-11(3)19)20-15-17(13)12(9)7-8-16(4,21-15)22-23-17/h9-10,12-15H,5-8H2,1-4H3,(H,18,19)/t9-,10-,12+,13+,14-,15-,16-,17-/m1/s1. The van der Waals surface area contributed by atoms with Crippen LogP contribution in [0.4, 0.5) is 0 Å². The first-order chi connectivity index (χ1) is 10.9. The van der Waals surface area contributed by atoms with E-state index < -0.39 is 17.7 Å². The minimum absolute atomic E-state index is 0.0827. The van der Waals surface area contributed by atoms with E-state index in [1.165, 1.54) is 13.3 Å². The highest BCUT2D eigenvalue weighted by molar-refractivity contribution is 5.73. The summed E-state index contributed by atoms with van der Waals surface area (Å²) in [6.07, 6.45) is 3.20. The predicted octanol–water partition coefficient (Wildman–Crippen LogP) is 2.33. The van der Waals surface area contributed by atoms with Crippen molar-refractivity contribution >= 4 is 5.91 Å². The molecule has 0 aromatic rings. The Hall–Kier alpha value is -0.690. The number of nitrogens with one attached hydrogen (secondary N) is 1. The van der Waals surface area contributed by atoms with E-state index in [1.54, 1.807) is 0 Å².